The lowest BCUT2D eigenvalue weighted by atomic mass is 10.1. The molecule has 0 unspecified atom stereocenters. The molecule has 0 spiro atoms. The SMILES string of the molecule is COc1ccc(-n2c(N)c3c(cc2=O)C(=O)NC3=O)c2nonc12. The molecule has 3 heterocycles. The summed E-state index contributed by atoms with van der Waals surface area (Å²) < 4.78 is 10.9. The molecule has 3 N–H and O–H groups in total. The number of pyridine rings is 1. The molecule has 4 rings (SSSR count). The number of rotatable bonds is 2. The van der Waals surface area contributed by atoms with Gasteiger partial charge in [0.15, 0.2) is 16.8 Å². The summed E-state index contributed by atoms with van der Waals surface area (Å²) in [5, 5.41) is 9.60. The summed E-state index contributed by atoms with van der Waals surface area (Å²) in [6.45, 7) is 0. The number of anilines is 1. The molecule has 0 radical (unpaired) electrons. The van der Waals surface area contributed by atoms with E-state index in [9.17, 15) is 14.4 Å². The van der Waals surface area contributed by atoms with E-state index < -0.39 is 17.4 Å². The Bertz CT molecular complexity index is 1100. The van der Waals surface area contributed by atoms with Crippen LogP contribution in [0.4, 0.5) is 5.82 Å². The van der Waals surface area contributed by atoms with Crippen molar-refractivity contribution in [3.05, 3.63) is 39.7 Å². The number of fused-ring (bicyclic) bond motifs is 2. The van der Waals surface area contributed by atoms with Crippen LogP contribution in [-0.2, 0) is 0 Å². The van der Waals surface area contributed by atoms with E-state index in [4.69, 9.17) is 15.1 Å². The van der Waals surface area contributed by atoms with E-state index in [1.807, 2.05) is 0 Å². The van der Waals surface area contributed by atoms with Gasteiger partial charge in [-0.25, -0.2) is 4.63 Å². The van der Waals surface area contributed by atoms with Crippen LogP contribution >= 0.6 is 0 Å². The van der Waals surface area contributed by atoms with Crippen LogP contribution in [0.15, 0.2) is 27.6 Å². The van der Waals surface area contributed by atoms with E-state index in [2.05, 4.69) is 15.6 Å². The van der Waals surface area contributed by atoms with Gasteiger partial charge in [0.25, 0.3) is 17.4 Å². The van der Waals surface area contributed by atoms with E-state index in [1.54, 1.807) is 6.07 Å². The number of carbonyl (C=O) groups is 2. The molecule has 1 aromatic carbocycles. The molecule has 120 valence electrons. The molecule has 10 nitrogen and oxygen atoms in total. The number of carbonyl (C=O) groups excluding carboxylic acids is 2. The largest absolute Gasteiger partial charge is 0.494 e. The van der Waals surface area contributed by atoms with Crippen LogP contribution in [0.2, 0.25) is 0 Å². The second-order valence-corrected chi connectivity index (χ2v) is 5.02. The average Bonchev–Trinajstić information content (AvgIpc) is 3.13. The van der Waals surface area contributed by atoms with Crippen molar-refractivity contribution in [1.29, 1.82) is 0 Å². The maximum absolute atomic E-state index is 12.5. The summed E-state index contributed by atoms with van der Waals surface area (Å²) in [5.74, 6) is -1.09. The summed E-state index contributed by atoms with van der Waals surface area (Å²) in [4.78, 5) is 36.1. The van der Waals surface area contributed by atoms with Gasteiger partial charge in [0.1, 0.15) is 5.82 Å². The van der Waals surface area contributed by atoms with E-state index in [1.165, 1.54) is 13.2 Å². The Morgan fingerprint density at radius 1 is 1.17 bits per heavy atom. The van der Waals surface area contributed by atoms with Crippen LogP contribution in [0.3, 0.4) is 0 Å². The minimum absolute atomic E-state index is 0.0539. The van der Waals surface area contributed by atoms with Crippen LogP contribution in [0.25, 0.3) is 16.7 Å². The Balaban J connectivity index is 2.08. The minimum atomic E-state index is -0.663. The Morgan fingerprint density at radius 3 is 2.67 bits per heavy atom. The fourth-order valence-corrected chi connectivity index (χ4v) is 2.70. The van der Waals surface area contributed by atoms with Crippen LogP contribution in [0.1, 0.15) is 20.7 Å². The maximum atomic E-state index is 12.5. The molecule has 24 heavy (non-hydrogen) atoms. The number of benzene rings is 1. The predicted molar refractivity (Wildman–Crippen MR) is 80.2 cm³/mol. The lowest BCUT2D eigenvalue weighted by Gasteiger charge is -2.12. The number of nitrogens with one attached hydrogen (secondary N) is 1. The number of aromatic nitrogens is 3. The summed E-state index contributed by atoms with van der Waals surface area (Å²) in [7, 11) is 1.45. The van der Waals surface area contributed by atoms with Crippen molar-refractivity contribution in [3.63, 3.8) is 0 Å². The van der Waals surface area contributed by atoms with E-state index in [0.29, 0.717) is 11.3 Å². The molecule has 2 amide bonds. The fraction of sp³-hybridized carbons (Fsp3) is 0.0714. The number of nitrogens with two attached hydrogens (primary N) is 1. The van der Waals surface area contributed by atoms with Gasteiger partial charge in [-0.1, -0.05) is 0 Å². The first kappa shape index (κ1) is 13.9. The van der Waals surface area contributed by atoms with Gasteiger partial charge in [0, 0.05) is 6.07 Å². The Morgan fingerprint density at radius 2 is 1.92 bits per heavy atom. The van der Waals surface area contributed by atoms with Crippen LogP contribution < -0.4 is 21.3 Å². The number of nitrogens with zero attached hydrogens (tertiary/aromatic N) is 3. The molecule has 0 aliphatic carbocycles. The van der Waals surface area contributed by atoms with Crippen LogP contribution in [0, 0.1) is 0 Å². The van der Waals surface area contributed by atoms with Crippen molar-refractivity contribution in [1.82, 2.24) is 20.2 Å². The first-order valence-electron chi connectivity index (χ1n) is 6.73. The molecular weight excluding hydrogens is 318 g/mol. The number of imide groups is 1. The summed E-state index contributed by atoms with van der Waals surface area (Å²) in [6, 6.07) is 4.14. The van der Waals surface area contributed by atoms with E-state index >= 15 is 0 Å². The van der Waals surface area contributed by atoms with Crippen molar-refractivity contribution in [2.45, 2.75) is 0 Å². The maximum Gasteiger partial charge on any atom is 0.262 e. The quantitative estimate of drug-likeness (QED) is 0.619. The van der Waals surface area contributed by atoms with Crippen molar-refractivity contribution >= 4 is 28.7 Å². The van der Waals surface area contributed by atoms with E-state index in [-0.39, 0.29) is 28.1 Å². The van der Waals surface area contributed by atoms with Crippen LogP contribution in [0.5, 0.6) is 5.75 Å². The summed E-state index contributed by atoms with van der Waals surface area (Å²) >= 11 is 0. The fourth-order valence-electron chi connectivity index (χ4n) is 2.70. The molecular formula is C14H9N5O5. The molecule has 0 atom stereocenters. The van der Waals surface area contributed by atoms with Crippen molar-refractivity contribution in [2.75, 3.05) is 12.8 Å². The van der Waals surface area contributed by atoms with Crippen molar-refractivity contribution < 1.29 is 19.0 Å². The van der Waals surface area contributed by atoms with Gasteiger partial charge >= 0.3 is 0 Å². The van der Waals surface area contributed by atoms with Gasteiger partial charge in [-0.2, -0.15) is 0 Å². The smallest absolute Gasteiger partial charge is 0.262 e. The molecule has 1 aliphatic rings. The third-order valence-corrected chi connectivity index (χ3v) is 3.77. The van der Waals surface area contributed by atoms with Crippen molar-refractivity contribution in [2.24, 2.45) is 0 Å². The zero-order valence-corrected chi connectivity index (χ0v) is 12.2. The van der Waals surface area contributed by atoms with Gasteiger partial charge in [-0.3, -0.25) is 24.3 Å². The van der Waals surface area contributed by atoms with Crippen molar-refractivity contribution in [3.8, 4) is 11.4 Å². The third-order valence-electron chi connectivity index (χ3n) is 3.77. The van der Waals surface area contributed by atoms with Gasteiger partial charge in [-0.05, 0) is 22.4 Å². The molecule has 3 aromatic rings. The standard InChI is InChI=1S/C14H9N5O5/c1-23-7-3-2-6(10-11(7)18-24-17-10)19-8(20)4-5-9(12(19)15)14(22)16-13(5)21/h2-4H,15H2,1H3,(H,16,21,22). The Labute approximate surface area is 132 Å². The highest BCUT2D eigenvalue weighted by Gasteiger charge is 2.32. The number of nitrogen functional groups attached to an aromatic ring is 1. The monoisotopic (exact) mass is 327 g/mol. The van der Waals surface area contributed by atoms with E-state index in [0.717, 1.165) is 10.6 Å². The van der Waals surface area contributed by atoms with Crippen LogP contribution in [-0.4, -0.2) is 33.8 Å². The second-order valence-electron chi connectivity index (χ2n) is 5.02. The molecule has 2 aromatic heterocycles. The third kappa shape index (κ3) is 1.67. The lowest BCUT2D eigenvalue weighted by molar-refractivity contribution is 0.0880. The number of ether oxygens (including phenoxy) is 1. The number of methoxy groups -OCH3 is 1. The average molecular weight is 327 g/mol. The zero-order valence-electron chi connectivity index (χ0n) is 12.2. The highest BCUT2D eigenvalue weighted by atomic mass is 16.6. The first-order valence-corrected chi connectivity index (χ1v) is 6.73. The van der Waals surface area contributed by atoms with Gasteiger partial charge in [0.2, 0.25) is 0 Å². The number of hydrogen-bond acceptors (Lipinski definition) is 8. The van der Waals surface area contributed by atoms with Gasteiger partial charge in [-0.15, -0.1) is 0 Å². The molecule has 10 heteroatoms. The van der Waals surface area contributed by atoms with Gasteiger partial charge < -0.3 is 10.5 Å². The summed E-state index contributed by atoms with van der Waals surface area (Å²) in [6.07, 6.45) is 0. The second kappa shape index (κ2) is 4.65. The topological polar surface area (TPSA) is 142 Å². The predicted octanol–water partition coefficient (Wildman–Crippen LogP) is -0.152. The Kier molecular flexibility index (Phi) is 2.70. The highest BCUT2D eigenvalue weighted by Crippen LogP contribution is 2.30. The number of amides is 2. The minimum Gasteiger partial charge on any atom is -0.494 e. The first-order chi connectivity index (χ1) is 11.5. The normalized spacial score (nSPS) is 13.2. The lowest BCUT2D eigenvalue weighted by Crippen LogP contribution is -2.24. The molecule has 0 saturated carbocycles. The molecule has 0 fully saturated rings. The molecule has 0 bridgehead atoms. The highest BCUT2D eigenvalue weighted by molar-refractivity contribution is 6.23. The molecule has 0 saturated heterocycles. The number of hydrogen-bond donors (Lipinski definition) is 2. The Hall–Kier alpha value is -3.69. The molecule has 1 aliphatic heterocycles. The zero-order chi connectivity index (χ0) is 17.0. The van der Waals surface area contributed by atoms with Gasteiger partial charge in [0.05, 0.1) is 23.9 Å². The summed E-state index contributed by atoms with van der Waals surface area (Å²) in [5.41, 5.74) is 6.07.